The van der Waals surface area contributed by atoms with Crippen LogP contribution in [0.15, 0.2) is 47.5 Å². The smallest absolute Gasteiger partial charge is 0.191 e. The summed E-state index contributed by atoms with van der Waals surface area (Å²) < 4.78 is 12.1. The lowest BCUT2D eigenvalue weighted by molar-refractivity contribution is 0.413. The van der Waals surface area contributed by atoms with Gasteiger partial charge in [0.15, 0.2) is 5.96 Å². The number of rotatable bonds is 6. The molecule has 1 aliphatic carbocycles. The summed E-state index contributed by atoms with van der Waals surface area (Å²) in [6, 6.07) is 15.4. The van der Waals surface area contributed by atoms with Crippen LogP contribution in [0, 0.1) is 0 Å². The van der Waals surface area contributed by atoms with Crippen molar-refractivity contribution in [1.29, 1.82) is 0 Å². The molecule has 154 valence electrons. The van der Waals surface area contributed by atoms with E-state index >= 15 is 0 Å². The molecule has 0 spiro atoms. The second-order valence-corrected chi connectivity index (χ2v) is 9.19. The second kappa shape index (κ2) is 11.8. The first-order valence-electron chi connectivity index (χ1n) is 10.0. The van der Waals surface area contributed by atoms with Gasteiger partial charge in [0.25, 0.3) is 0 Å². The molecule has 0 bridgehead atoms. The second-order valence-electron chi connectivity index (χ2n) is 7.19. The highest BCUT2D eigenvalue weighted by molar-refractivity contribution is 14.0. The molecule has 3 unspecified atom stereocenters. The number of hydrogen-bond donors (Lipinski definition) is 2. The number of benzene rings is 2. The minimum absolute atomic E-state index is 0. The fourth-order valence-corrected chi connectivity index (χ4v) is 5.31. The van der Waals surface area contributed by atoms with Crippen molar-refractivity contribution < 1.29 is 4.21 Å². The lowest BCUT2D eigenvalue weighted by atomic mass is 9.95. The highest BCUT2D eigenvalue weighted by atomic mass is 127. The van der Waals surface area contributed by atoms with Crippen LogP contribution in [0.3, 0.4) is 0 Å². The molecule has 4 nitrogen and oxygen atoms in total. The Morgan fingerprint density at radius 2 is 1.96 bits per heavy atom. The molecule has 0 heterocycles. The summed E-state index contributed by atoms with van der Waals surface area (Å²) in [5.41, 5.74) is 1.35. The summed E-state index contributed by atoms with van der Waals surface area (Å²) in [6.45, 7) is 2.85. The van der Waals surface area contributed by atoms with E-state index in [9.17, 15) is 4.21 Å². The van der Waals surface area contributed by atoms with Gasteiger partial charge in [0.1, 0.15) is 0 Å². The maximum atomic E-state index is 12.1. The molecule has 28 heavy (non-hydrogen) atoms. The fourth-order valence-electron chi connectivity index (χ4n) is 3.96. The Kier molecular flexibility index (Phi) is 9.71. The van der Waals surface area contributed by atoms with Gasteiger partial charge in [-0.05, 0) is 42.0 Å². The highest BCUT2D eigenvalue weighted by Gasteiger charge is 2.25. The average molecular weight is 513 g/mol. The Labute approximate surface area is 188 Å². The molecule has 2 aromatic rings. The van der Waals surface area contributed by atoms with E-state index in [1.807, 2.05) is 14.0 Å². The molecule has 0 radical (unpaired) electrons. The number of hydrogen-bond acceptors (Lipinski definition) is 2. The molecule has 0 aliphatic heterocycles. The van der Waals surface area contributed by atoms with Crippen molar-refractivity contribution in [2.24, 2.45) is 4.99 Å². The SMILES string of the molecule is CCS(=O)C1CCCC(NC(=NC)NCCc2cccc3ccccc23)C1.I. The lowest BCUT2D eigenvalue weighted by Crippen LogP contribution is -2.47. The molecule has 0 amide bonds. The van der Waals surface area contributed by atoms with Gasteiger partial charge in [-0.25, -0.2) is 0 Å². The lowest BCUT2D eigenvalue weighted by Gasteiger charge is -2.30. The van der Waals surface area contributed by atoms with Crippen LogP contribution in [0.5, 0.6) is 0 Å². The zero-order valence-corrected chi connectivity index (χ0v) is 20.0. The number of nitrogens with zero attached hydrogens (tertiary/aromatic N) is 1. The zero-order valence-electron chi connectivity index (χ0n) is 16.8. The third-order valence-corrected chi connectivity index (χ3v) is 7.15. The largest absolute Gasteiger partial charge is 0.356 e. The van der Waals surface area contributed by atoms with E-state index in [0.717, 1.165) is 50.4 Å². The molecule has 6 heteroatoms. The van der Waals surface area contributed by atoms with Crippen molar-refractivity contribution in [1.82, 2.24) is 10.6 Å². The van der Waals surface area contributed by atoms with E-state index in [1.165, 1.54) is 16.3 Å². The molecule has 3 atom stereocenters. The number of aliphatic imine (C=N–C) groups is 1. The van der Waals surface area contributed by atoms with E-state index in [2.05, 4.69) is 58.1 Å². The Morgan fingerprint density at radius 1 is 1.18 bits per heavy atom. The average Bonchev–Trinajstić information content (AvgIpc) is 2.72. The summed E-state index contributed by atoms with van der Waals surface area (Å²) in [7, 11) is 1.12. The monoisotopic (exact) mass is 513 g/mol. The molecule has 1 fully saturated rings. The fraction of sp³-hybridized carbons (Fsp3) is 0.500. The molecule has 1 aliphatic rings. The number of nitrogens with one attached hydrogen (secondary N) is 2. The van der Waals surface area contributed by atoms with Crippen molar-refractivity contribution in [3.8, 4) is 0 Å². The van der Waals surface area contributed by atoms with E-state index < -0.39 is 10.8 Å². The predicted octanol–water partition coefficient (Wildman–Crippen LogP) is 4.25. The third-order valence-electron chi connectivity index (χ3n) is 5.41. The molecular weight excluding hydrogens is 481 g/mol. The van der Waals surface area contributed by atoms with Crippen LogP contribution < -0.4 is 10.6 Å². The van der Waals surface area contributed by atoms with E-state index in [-0.39, 0.29) is 24.0 Å². The number of fused-ring (bicyclic) bond motifs is 1. The highest BCUT2D eigenvalue weighted by Crippen LogP contribution is 2.23. The topological polar surface area (TPSA) is 53.5 Å². The van der Waals surface area contributed by atoms with Crippen LogP contribution in [0.25, 0.3) is 10.8 Å². The Bertz CT molecular complexity index is 806. The quantitative estimate of drug-likeness (QED) is 0.345. The van der Waals surface area contributed by atoms with Gasteiger partial charge in [-0.1, -0.05) is 55.8 Å². The number of halogens is 1. The zero-order chi connectivity index (χ0) is 19.1. The van der Waals surface area contributed by atoms with Gasteiger partial charge in [0.2, 0.25) is 0 Å². The van der Waals surface area contributed by atoms with Crippen LogP contribution in [0.4, 0.5) is 0 Å². The first-order valence-corrected chi connectivity index (χ1v) is 11.4. The van der Waals surface area contributed by atoms with E-state index in [0.29, 0.717) is 11.3 Å². The molecule has 0 aromatic heterocycles. The Morgan fingerprint density at radius 3 is 2.75 bits per heavy atom. The van der Waals surface area contributed by atoms with Crippen LogP contribution in [0.1, 0.15) is 38.2 Å². The first-order chi connectivity index (χ1) is 13.2. The predicted molar refractivity (Wildman–Crippen MR) is 132 cm³/mol. The Hall–Kier alpha value is -1.15. The third kappa shape index (κ3) is 6.17. The summed E-state index contributed by atoms with van der Waals surface area (Å²) >= 11 is 0. The van der Waals surface area contributed by atoms with Gasteiger partial charge >= 0.3 is 0 Å². The first kappa shape index (κ1) is 23.1. The standard InChI is InChI=1S/C22H31N3OS.HI/c1-3-27(26)20-12-7-11-19(16-20)25-22(23-2)24-15-14-18-10-6-9-17-8-4-5-13-21(17)18;/h4-6,8-10,13,19-20H,3,7,11-12,14-16H2,1-2H3,(H2,23,24,25);1H. The van der Waals surface area contributed by atoms with Crippen LogP contribution in [0.2, 0.25) is 0 Å². The van der Waals surface area contributed by atoms with Crippen molar-refractivity contribution in [2.45, 2.75) is 50.3 Å². The maximum absolute atomic E-state index is 12.1. The van der Waals surface area contributed by atoms with Gasteiger partial charge in [0.05, 0.1) is 0 Å². The van der Waals surface area contributed by atoms with E-state index in [1.54, 1.807) is 0 Å². The van der Waals surface area contributed by atoms with E-state index in [4.69, 9.17) is 0 Å². The van der Waals surface area contributed by atoms with Gasteiger partial charge in [0, 0.05) is 41.4 Å². The minimum atomic E-state index is -0.695. The van der Waals surface area contributed by atoms with Crippen LogP contribution in [-0.2, 0) is 17.2 Å². The number of guanidine groups is 1. The van der Waals surface area contributed by atoms with Crippen LogP contribution in [-0.4, -0.2) is 40.8 Å². The van der Waals surface area contributed by atoms with Gasteiger partial charge in [-0.15, -0.1) is 24.0 Å². The molecule has 3 rings (SSSR count). The van der Waals surface area contributed by atoms with Gasteiger partial charge in [-0.3, -0.25) is 9.20 Å². The summed E-state index contributed by atoms with van der Waals surface area (Å²) in [5.74, 6) is 1.61. The van der Waals surface area contributed by atoms with Gasteiger partial charge < -0.3 is 10.6 Å². The molecule has 2 N–H and O–H groups in total. The van der Waals surface area contributed by atoms with Crippen molar-refractivity contribution >= 4 is 51.5 Å². The Balaban J connectivity index is 0.00000280. The maximum Gasteiger partial charge on any atom is 0.191 e. The molecular formula is C22H32IN3OS. The normalized spacial score (nSPS) is 21.0. The van der Waals surface area contributed by atoms with Crippen LogP contribution >= 0.6 is 24.0 Å². The summed E-state index contributed by atoms with van der Waals surface area (Å²) in [4.78, 5) is 4.38. The summed E-state index contributed by atoms with van der Waals surface area (Å²) in [6.07, 6.45) is 5.29. The van der Waals surface area contributed by atoms with Crippen molar-refractivity contribution in [3.63, 3.8) is 0 Å². The molecule has 2 aromatic carbocycles. The molecule has 1 saturated carbocycles. The molecule has 0 saturated heterocycles. The van der Waals surface area contributed by atoms with Gasteiger partial charge in [-0.2, -0.15) is 0 Å². The van der Waals surface area contributed by atoms with Crippen molar-refractivity contribution in [3.05, 3.63) is 48.0 Å². The minimum Gasteiger partial charge on any atom is -0.356 e. The summed E-state index contributed by atoms with van der Waals surface area (Å²) in [5, 5.41) is 9.93. The van der Waals surface area contributed by atoms with Crippen molar-refractivity contribution in [2.75, 3.05) is 19.3 Å².